The fraction of sp³-hybridized carbons (Fsp3) is 0.933. The molecule has 4 aliphatic rings. The second-order valence-corrected chi connectivity index (χ2v) is 14.9. The van der Waals surface area contributed by atoms with Gasteiger partial charge in [-0.1, -0.05) is 66.5 Å². The summed E-state index contributed by atoms with van der Waals surface area (Å²) < 4.78 is 0. The van der Waals surface area contributed by atoms with Crippen LogP contribution in [0, 0.1) is 45.3 Å². The molecule has 0 aromatic heterocycles. The molecule has 0 aromatic carbocycles. The van der Waals surface area contributed by atoms with Crippen LogP contribution in [0.2, 0.25) is 0 Å². The summed E-state index contributed by atoms with van der Waals surface area (Å²) in [7, 11) is 0. The fourth-order valence-corrected chi connectivity index (χ4v) is 9.18. The zero-order chi connectivity index (χ0) is 22.9. The van der Waals surface area contributed by atoms with E-state index in [2.05, 4.69) is 61.5 Å². The predicted molar refractivity (Wildman–Crippen MR) is 133 cm³/mol. The minimum absolute atomic E-state index is 0.411. The molecule has 0 aromatic rings. The minimum Gasteiger partial charge on any atom is -0.390 e. The van der Waals surface area contributed by atoms with Gasteiger partial charge in [-0.2, -0.15) is 0 Å². The van der Waals surface area contributed by atoms with Crippen molar-refractivity contribution in [1.29, 1.82) is 0 Å². The Morgan fingerprint density at radius 2 is 1.61 bits per heavy atom. The monoisotopic (exact) mass is 428 g/mol. The summed E-state index contributed by atoms with van der Waals surface area (Å²) in [6.45, 7) is 19.8. The van der Waals surface area contributed by atoms with Crippen LogP contribution in [0.3, 0.4) is 0 Å². The molecule has 0 radical (unpaired) electrons. The lowest BCUT2D eigenvalue weighted by atomic mass is 9.45. The smallest absolute Gasteiger partial charge is 0.0657 e. The lowest BCUT2D eigenvalue weighted by Gasteiger charge is -2.60. The molecule has 3 saturated carbocycles. The average Bonchev–Trinajstić information content (AvgIpc) is 2.92. The Morgan fingerprint density at radius 1 is 0.903 bits per heavy atom. The molecule has 31 heavy (non-hydrogen) atoms. The van der Waals surface area contributed by atoms with Gasteiger partial charge in [-0.25, -0.2) is 0 Å². The van der Waals surface area contributed by atoms with Gasteiger partial charge < -0.3 is 5.11 Å². The predicted octanol–water partition coefficient (Wildman–Crippen LogP) is 8.56. The molecule has 0 bridgehead atoms. The first kappa shape index (κ1) is 23.8. The molecule has 1 N–H and O–H groups in total. The van der Waals surface area contributed by atoms with Crippen LogP contribution in [0.25, 0.3) is 0 Å². The summed E-state index contributed by atoms with van der Waals surface area (Å²) >= 11 is 0. The third kappa shape index (κ3) is 3.98. The van der Waals surface area contributed by atoms with Crippen LogP contribution in [-0.4, -0.2) is 10.7 Å². The van der Waals surface area contributed by atoms with E-state index in [1.54, 1.807) is 5.57 Å². The summed E-state index contributed by atoms with van der Waals surface area (Å²) in [5.41, 5.74) is 2.96. The molecule has 3 fully saturated rings. The van der Waals surface area contributed by atoms with E-state index in [0.717, 1.165) is 36.5 Å². The minimum atomic E-state index is -0.457. The molecule has 7 unspecified atom stereocenters. The molecule has 4 rings (SSSR count). The number of hydrogen-bond acceptors (Lipinski definition) is 1. The van der Waals surface area contributed by atoms with E-state index in [4.69, 9.17) is 0 Å². The Morgan fingerprint density at radius 3 is 2.29 bits per heavy atom. The van der Waals surface area contributed by atoms with Crippen molar-refractivity contribution < 1.29 is 5.11 Å². The molecule has 7 atom stereocenters. The summed E-state index contributed by atoms with van der Waals surface area (Å²) in [6, 6.07) is 0. The molecular weight excluding hydrogens is 376 g/mol. The van der Waals surface area contributed by atoms with E-state index in [9.17, 15) is 5.11 Å². The van der Waals surface area contributed by atoms with Crippen molar-refractivity contribution in [2.45, 2.75) is 132 Å². The van der Waals surface area contributed by atoms with E-state index in [1.165, 1.54) is 57.8 Å². The van der Waals surface area contributed by atoms with E-state index in [-0.39, 0.29) is 0 Å². The van der Waals surface area contributed by atoms with Gasteiger partial charge in [-0.3, -0.25) is 0 Å². The maximum Gasteiger partial charge on any atom is 0.0657 e. The third-order valence-electron chi connectivity index (χ3n) is 11.5. The van der Waals surface area contributed by atoms with Gasteiger partial charge in [-0.15, -0.1) is 0 Å². The van der Waals surface area contributed by atoms with Crippen molar-refractivity contribution in [2.75, 3.05) is 0 Å². The van der Waals surface area contributed by atoms with Gasteiger partial charge in [0.05, 0.1) is 5.60 Å². The van der Waals surface area contributed by atoms with Crippen LogP contribution >= 0.6 is 0 Å². The highest BCUT2D eigenvalue weighted by Gasteiger charge is 2.64. The molecule has 0 heterocycles. The number of aliphatic hydroxyl groups is 1. The summed E-state index contributed by atoms with van der Waals surface area (Å²) in [6.07, 6.45) is 16.8. The largest absolute Gasteiger partial charge is 0.390 e. The van der Waals surface area contributed by atoms with Gasteiger partial charge in [-0.05, 0) is 116 Å². The van der Waals surface area contributed by atoms with E-state index in [0.29, 0.717) is 21.7 Å². The van der Waals surface area contributed by atoms with Crippen molar-refractivity contribution in [3.8, 4) is 0 Å². The Bertz CT molecular complexity index is 706. The van der Waals surface area contributed by atoms with Crippen LogP contribution in [0.5, 0.6) is 0 Å². The molecule has 1 heteroatoms. The Labute approximate surface area is 193 Å². The number of rotatable bonds is 4. The first-order valence-corrected chi connectivity index (χ1v) is 13.6. The number of hydrogen-bond donors (Lipinski definition) is 1. The van der Waals surface area contributed by atoms with Crippen molar-refractivity contribution >= 4 is 0 Å². The summed E-state index contributed by atoms with van der Waals surface area (Å²) in [5.74, 6) is 3.46. The highest BCUT2D eigenvalue weighted by Crippen LogP contribution is 2.72. The van der Waals surface area contributed by atoms with Gasteiger partial charge >= 0.3 is 0 Å². The van der Waals surface area contributed by atoms with Crippen LogP contribution in [0.1, 0.15) is 126 Å². The van der Waals surface area contributed by atoms with Crippen LogP contribution in [0.15, 0.2) is 11.6 Å². The molecule has 0 spiro atoms. The Kier molecular flexibility index (Phi) is 5.85. The first-order chi connectivity index (χ1) is 14.2. The molecular formula is C30H52O. The standard InChI is InChI=1S/C30H52O/c1-26(2,3)15-9-16-27(4,5)30(8)19-14-25-24-11-10-21-20-28(6,31)17-12-22(21)23(24)13-18-29(25,30)7/h10,22-25,31H,9,11-20H2,1-8H3. The highest BCUT2D eigenvalue weighted by molar-refractivity contribution is 5.23. The lowest BCUT2D eigenvalue weighted by Crippen LogP contribution is -2.53. The summed E-state index contributed by atoms with van der Waals surface area (Å²) in [5, 5.41) is 10.6. The maximum atomic E-state index is 10.6. The quantitative estimate of drug-likeness (QED) is 0.445. The van der Waals surface area contributed by atoms with Crippen molar-refractivity contribution in [3.05, 3.63) is 11.6 Å². The third-order valence-corrected chi connectivity index (χ3v) is 11.5. The van der Waals surface area contributed by atoms with Crippen molar-refractivity contribution in [1.82, 2.24) is 0 Å². The number of allylic oxidation sites excluding steroid dienone is 1. The van der Waals surface area contributed by atoms with E-state index >= 15 is 0 Å². The van der Waals surface area contributed by atoms with Gasteiger partial charge in [0.25, 0.3) is 0 Å². The Balaban J connectivity index is 1.53. The van der Waals surface area contributed by atoms with Crippen LogP contribution in [-0.2, 0) is 0 Å². The number of fused-ring (bicyclic) bond motifs is 5. The second kappa shape index (κ2) is 7.61. The topological polar surface area (TPSA) is 20.2 Å². The molecule has 178 valence electrons. The molecule has 4 aliphatic carbocycles. The van der Waals surface area contributed by atoms with Gasteiger partial charge in [0.15, 0.2) is 0 Å². The van der Waals surface area contributed by atoms with Crippen molar-refractivity contribution in [3.63, 3.8) is 0 Å². The Hall–Kier alpha value is -0.300. The molecule has 0 aliphatic heterocycles. The van der Waals surface area contributed by atoms with Crippen LogP contribution in [0.4, 0.5) is 0 Å². The zero-order valence-corrected chi connectivity index (χ0v) is 22.1. The lowest BCUT2D eigenvalue weighted by molar-refractivity contribution is -0.104. The van der Waals surface area contributed by atoms with E-state index < -0.39 is 5.60 Å². The first-order valence-electron chi connectivity index (χ1n) is 13.6. The van der Waals surface area contributed by atoms with Gasteiger partial charge in [0.2, 0.25) is 0 Å². The fourth-order valence-electron chi connectivity index (χ4n) is 9.18. The zero-order valence-electron chi connectivity index (χ0n) is 22.1. The molecule has 1 nitrogen and oxygen atoms in total. The second-order valence-electron chi connectivity index (χ2n) is 14.9. The maximum absolute atomic E-state index is 10.6. The van der Waals surface area contributed by atoms with Gasteiger partial charge in [0, 0.05) is 0 Å². The molecule has 0 amide bonds. The van der Waals surface area contributed by atoms with Gasteiger partial charge in [0.1, 0.15) is 0 Å². The van der Waals surface area contributed by atoms with Crippen molar-refractivity contribution in [2.24, 2.45) is 45.3 Å². The summed E-state index contributed by atoms with van der Waals surface area (Å²) in [4.78, 5) is 0. The molecule has 0 saturated heterocycles. The highest BCUT2D eigenvalue weighted by atomic mass is 16.3. The average molecular weight is 429 g/mol. The normalized spacial score (nSPS) is 45.5. The van der Waals surface area contributed by atoms with Crippen LogP contribution < -0.4 is 0 Å². The van der Waals surface area contributed by atoms with E-state index in [1.807, 2.05) is 0 Å². The SMILES string of the molecule is CC(C)(C)CCCC(C)(C)C1(C)CCC2C3CC=C4CC(C)(O)CCC4C3CCC21C.